The minimum Gasteiger partial charge on any atom is -0.320 e. The molecule has 6 heteroatoms. The third-order valence-electron chi connectivity index (χ3n) is 6.33. The lowest BCUT2D eigenvalue weighted by Gasteiger charge is -2.25. The minimum absolute atomic E-state index is 0.0789. The third kappa shape index (κ3) is 4.55. The van der Waals surface area contributed by atoms with Crippen molar-refractivity contribution in [3.8, 4) is 0 Å². The first-order valence-electron chi connectivity index (χ1n) is 11.7. The molecule has 5 nitrogen and oxygen atoms in total. The minimum atomic E-state index is -0.102. The lowest BCUT2D eigenvalue weighted by Crippen LogP contribution is -2.30. The Hall–Kier alpha value is -2.18. The molecule has 4 rings (SSSR count). The van der Waals surface area contributed by atoms with Gasteiger partial charge in [-0.2, -0.15) is 0 Å². The fraction of sp³-hybridized carbons (Fsp3) is 0.520. The Kier molecular flexibility index (Phi) is 7.08. The molecule has 1 aromatic heterocycles. The van der Waals surface area contributed by atoms with Gasteiger partial charge in [-0.05, 0) is 63.9 Å². The first kappa shape index (κ1) is 22.0. The summed E-state index contributed by atoms with van der Waals surface area (Å²) in [4.78, 5) is 33.3. The fourth-order valence-electron chi connectivity index (χ4n) is 4.74. The van der Waals surface area contributed by atoms with Crippen molar-refractivity contribution in [2.45, 2.75) is 65.2 Å². The van der Waals surface area contributed by atoms with Gasteiger partial charge >= 0.3 is 0 Å². The number of para-hydroxylation sites is 2. The van der Waals surface area contributed by atoms with Gasteiger partial charge < -0.3 is 10.2 Å². The van der Waals surface area contributed by atoms with Crippen molar-refractivity contribution in [1.29, 1.82) is 0 Å². The van der Waals surface area contributed by atoms with Gasteiger partial charge in [-0.15, -0.1) is 11.3 Å². The second-order valence-electron chi connectivity index (χ2n) is 8.44. The molecule has 2 aliphatic heterocycles. The topological polar surface area (TPSA) is 52.7 Å². The number of carbonyl (C=O) groups excluding carboxylic acids is 2. The molecular weight excluding hydrogens is 406 g/mol. The van der Waals surface area contributed by atoms with Crippen LogP contribution in [0.3, 0.4) is 0 Å². The number of likely N-dealkylation sites (tertiary alicyclic amines) is 1. The first-order valence-corrected chi connectivity index (χ1v) is 12.6. The summed E-state index contributed by atoms with van der Waals surface area (Å²) >= 11 is 1.67. The van der Waals surface area contributed by atoms with E-state index in [2.05, 4.69) is 24.1 Å². The zero-order valence-corrected chi connectivity index (χ0v) is 19.5. The molecule has 1 aromatic carbocycles. The SMILES string of the molecule is CCc1sc(CC)c2c1C(=O)Nc1ccccc1N2C(=O)CCCN1CCCCCC1. The maximum Gasteiger partial charge on any atom is 0.259 e. The summed E-state index contributed by atoms with van der Waals surface area (Å²) in [7, 11) is 0. The molecule has 0 spiro atoms. The van der Waals surface area contributed by atoms with E-state index in [0.29, 0.717) is 17.7 Å². The maximum absolute atomic E-state index is 13.6. The van der Waals surface area contributed by atoms with Crippen molar-refractivity contribution in [2.75, 3.05) is 29.9 Å². The molecule has 2 amide bonds. The van der Waals surface area contributed by atoms with Crippen molar-refractivity contribution in [3.05, 3.63) is 39.6 Å². The molecule has 0 radical (unpaired) electrons. The van der Waals surface area contributed by atoms with Crippen LogP contribution < -0.4 is 10.2 Å². The zero-order valence-electron chi connectivity index (χ0n) is 18.7. The molecule has 0 saturated carbocycles. The van der Waals surface area contributed by atoms with Crippen LogP contribution in [0.5, 0.6) is 0 Å². The highest BCUT2D eigenvalue weighted by atomic mass is 32.1. The van der Waals surface area contributed by atoms with Crippen molar-refractivity contribution < 1.29 is 9.59 Å². The number of benzene rings is 1. The van der Waals surface area contributed by atoms with E-state index in [9.17, 15) is 9.59 Å². The van der Waals surface area contributed by atoms with E-state index in [1.54, 1.807) is 11.3 Å². The molecule has 2 aliphatic rings. The van der Waals surface area contributed by atoms with E-state index in [0.717, 1.165) is 60.0 Å². The molecule has 31 heavy (non-hydrogen) atoms. The molecule has 1 fully saturated rings. The zero-order chi connectivity index (χ0) is 21.8. The van der Waals surface area contributed by atoms with Crippen LogP contribution in [0.15, 0.2) is 24.3 Å². The predicted molar refractivity (Wildman–Crippen MR) is 129 cm³/mol. The Labute approximate surface area is 189 Å². The largest absolute Gasteiger partial charge is 0.320 e. The lowest BCUT2D eigenvalue weighted by atomic mass is 10.1. The Morgan fingerprint density at radius 1 is 1.03 bits per heavy atom. The fourth-order valence-corrected chi connectivity index (χ4v) is 5.91. The van der Waals surface area contributed by atoms with E-state index >= 15 is 0 Å². The van der Waals surface area contributed by atoms with Crippen molar-refractivity contribution in [2.24, 2.45) is 0 Å². The Bertz CT molecular complexity index is 944. The average Bonchev–Trinajstić information content (AvgIpc) is 2.90. The predicted octanol–water partition coefficient (Wildman–Crippen LogP) is 5.76. The first-order chi connectivity index (χ1) is 15.1. The second kappa shape index (κ2) is 9.96. The Morgan fingerprint density at radius 3 is 2.45 bits per heavy atom. The van der Waals surface area contributed by atoms with Crippen LogP contribution in [0, 0.1) is 0 Å². The number of hydrogen-bond donors (Lipinski definition) is 1. The number of thiophene rings is 1. The lowest BCUT2D eigenvalue weighted by molar-refractivity contribution is -0.118. The van der Waals surface area contributed by atoms with Crippen LogP contribution >= 0.6 is 11.3 Å². The molecule has 0 atom stereocenters. The van der Waals surface area contributed by atoms with Crippen LogP contribution in [0.1, 0.15) is 72.5 Å². The third-order valence-corrected chi connectivity index (χ3v) is 7.79. The van der Waals surface area contributed by atoms with Gasteiger partial charge in [0.2, 0.25) is 5.91 Å². The van der Waals surface area contributed by atoms with Crippen LogP contribution in [-0.4, -0.2) is 36.3 Å². The van der Waals surface area contributed by atoms with Crippen LogP contribution in [0.25, 0.3) is 0 Å². The van der Waals surface area contributed by atoms with E-state index in [1.807, 2.05) is 29.2 Å². The second-order valence-corrected chi connectivity index (χ2v) is 9.63. The van der Waals surface area contributed by atoms with Gasteiger partial charge in [-0.3, -0.25) is 14.5 Å². The molecule has 166 valence electrons. The number of rotatable bonds is 6. The summed E-state index contributed by atoms with van der Waals surface area (Å²) < 4.78 is 0. The van der Waals surface area contributed by atoms with Gasteiger partial charge in [0.15, 0.2) is 0 Å². The highest BCUT2D eigenvalue weighted by Crippen LogP contribution is 2.45. The number of anilines is 3. The number of hydrogen-bond acceptors (Lipinski definition) is 4. The number of aryl methyl sites for hydroxylation is 2. The summed E-state index contributed by atoms with van der Waals surface area (Å²) in [6.07, 6.45) is 8.09. The molecule has 2 aromatic rings. The van der Waals surface area contributed by atoms with Crippen molar-refractivity contribution in [1.82, 2.24) is 4.90 Å². The van der Waals surface area contributed by atoms with E-state index in [1.165, 1.54) is 25.7 Å². The van der Waals surface area contributed by atoms with Gasteiger partial charge in [0.25, 0.3) is 5.91 Å². The summed E-state index contributed by atoms with van der Waals surface area (Å²) in [6.45, 7) is 7.43. The molecular formula is C25H33N3O2S. The number of fused-ring (bicyclic) bond motifs is 2. The summed E-state index contributed by atoms with van der Waals surface area (Å²) in [6, 6.07) is 7.67. The molecule has 0 aliphatic carbocycles. The molecule has 0 bridgehead atoms. The monoisotopic (exact) mass is 439 g/mol. The van der Waals surface area contributed by atoms with E-state index in [4.69, 9.17) is 0 Å². The van der Waals surface area contributed by atoms with Gasteiger partial charge in [0, 0.05) is 16.2 Å². The number of nitrogens with one attached hydrogen (secondary N) is 1. The smallest absolute Gasteiger partial charge is 0.259 e. The molecule has 1 saturated heterocycles. The highest BCUT2D eigenvalue weighted by molar-refractivity contribution is 7.13. The van der Waals surface area contributed by atoms with Gasteiger partial charge in [-0.25, -0.2) is 0 Å². The van der Waals surface area contributed by atoms with Crippen molar-refractivity contribution in [3.63, 3.8) is 0 Å². The number of carbonyl (C=O) groups is 2. The summed E-state index contributed by atoms with van der Waals surface area (Å²) in [5.74, 6) is -0.0229. The average molecular weight is 440 g/mol. The van der Waals surface area contributed by atoms with Crippen LogP contribution in [-0.2, 0) is 17.6 Å². The summed E-state index contributed by atoms with van der Waals surface area (Å²) in [5.41, 5.74) is 2.98. The summed E-state index contributed by atoms with van der Waals surface area (Å²) in [5, 5.41) is 3.06. The van der Waals surface area contributed by atoms with Crippen molar-refractivity contribution >= 4 is 40.2 Å². The normalized spacial score (nSPS) is 16.8. The standard InChI is InChI=1S/C25H33N3O2S/c1-3-20-23-24(21(4-2)31-20)28(19-13-8-7-12-18(19)26-25(23)30)22(29)14-11-17-27-15-9-5-6-10-16-27/h7-8,12-13H,3-6,9-11,14-17H2,1-2H3,(H,26,30). The number of nitrogens with zero attached hydrogens (tertiary/aromatic N) is 2. The number of amides is 2. The Morgan fingerprint density at radius 2 is 1.74 bits per heavy atom. The van der Waals surface area contributed by atoms with E-state index < -0.39 is 0 Å². The van der Waals surface area contributed by atoms with Crippen LogP contribution in [0.2, 0.25) is 0 Å². The maximum atomic E-state index is 13.6. The van der Waals surface area contributed by atoms with Gasteiger partial charge in [0.1, 0.15) is 0 Å². The molecule has 1 N–H and O–H groups in total. The Balaban J connectivity index is 1.64. The van der Waals surface area contributed by atoms with E-state index in [-0.39, 0.29) is 11.8 Å². The molecule has 0 unspecified atom stereocenters. The van der Waals surface area contributed by atoms with Gasteiger partial charge in [-0.1, -0.05) is 38.8 Å². The highest BCUT2D eigenvalue weighted by Gasteiger charge is 2.34. The quantitative estimate of drug-likeness (QED) is 0.623. The van der Waals surface area contributed by atoms with Gasteiger partial charge in [0.05, 0.1) is 22.6 Å². The van der Waals surface area contributed by atoms with Crippen LogP contribution in [0.4, 0.5) is 17.1 Å². The molecule has 3 heterocycles.